The van der Waals surface area contributed by atoms with Gasteiger partial charge in [0.1, 0.15) is 11.6 Å². The Morgan fingerprint density at radius 2 is 1.36 bits per heavy atom. The van der Waals surface area contributed by atoms with Crippen LogP contribution < -0.4 is 0 Å². The summed E-state index contributed by atoms with van der Waals surface area (Å²) < 4.78 is 25.7. The quantitative estimate of drug-likeness (QED) is 0.169. The van der Waals surface area contributed by atoms with E-state index in [-0.39, 0.29) is 32.7 Å². The molecule has 1 aliphatic carbocycles. The molecule has 55 heavy (non-hydrogen) atoms. The monoisotopic (exact) mass is 890 g/mol. The van der Waals surface area contributed by atoms with Crippen molar-refractivity contribution in [1.29, 1.82) is 0 Å². The molecule has 7 aromatic carbocycles. The van der Waals surface area contributed by atoms with Crippen molar-refractivity contribution in [3.05, 3.63) is 204 Å². The van der Waals surface area contributed by atoms with Crippen molar-refractivity contribution in [3.8, 4) is 67.5 Å². The minimum atomic E-state index is -2.18. The number of aromatic hydroxyl groups is 1. The van der Waals surface area contributed by atoms with E-state index in [0.717, 1.165) is 66.9 Å². The summed E-state index contributed by atoms with van der Waals surface area (Å²) in [5.74, 6) is 0.736. The van der Waals surface area contributed by atoms with E-state index in [1.54, 1.807) is 18.2 Å². The second kappa shape index (κ2) is 14.1. The first-order valence-corrected chi connectivity index (χ1v) is 18.0. The Balaban J connectivity index is 0.00000436. The van der Waals surface area contributed by atoms with Crippen molar-refractivity contribution in [1.82, 2.24) is 14.5 Å². The van der Waals surface area contributed by atoms with E-state index < -0.39 is 6.85 Å². The number of hydrogen-bond acceptors (Lipinski definition) is 3. The first kappa shape index (κ1) is 31.0. The van der Waals surface area contributed by atoms with Crippen LogP contribution in [0.1, 0.15) is 32.3 Å². The molecule has 10 rings (SSSR count). The largest absolute Gasteiger partial charge is 0.507 e. The van der Waals surface area contributed by atoms with Gasteiger partial charge >= 0.3 is 0 Å². The molecule has 0 amide bonds. The zero-order valence-electron chi connectivity index (χ0n) is 32.4. The van der Waals surface area contributed by atoms with Crippen LogP contribution in [0, 0.1) is 12.9 Å². The van der Waals surface area contributed by atoms with Crippen molar-refractivity contribution in [3.63, 3.8) is 0 Å². The Morgan fingerprint density at radius 1 is 0.655 bits per heavy atom. The number of fused-ring (bicyclic) bond motifs is 4. The van der Waals surface area contributed by atoms with Crippen LogP contribution in [-0.4, -0.2) is 19.6 Å². The molecule has 5 heteroatoms. The predicted octanol–water partition coefficient (Wildman–Crippen LogP) is 12.1. The zero-order valence-corrected chi connectivity index (χ0v) is 31.7. The molecule has 0 bridgehead atoms. The normalized spacial score (nSPS) is 14.0. The fraction of sp³-hybridized carbons (Fsp3) is 0.0400. The Bertz CT molecular complexity index is 2960. The number of rotatable bonds is 6. The minimum Gasteiger partial charge on any atom is -0.507 e. The molecule has 0 radical (unpaired) electrons. The number of phenols is 1. The average Bonchev–Trinajstić information content (AvgIpc) is 3.80. The van der Waals surface area contributed by atoms with Gasteiger partial charge in [0.25, 0.3) is 0 Å². The number of benzene rings is 7. The molecule has 266 valence electrons. The summed E-state index contributed by atoms with van der Waals surface area (Å²) in [6.07, 6.45) is 1.82. The first-order chi connectivity index (χ1) is 27.8. The fourth-order valence-electron chi connectivity index (χ4n) is 8.01. The number of para-hydroxylation sites is 3. The number of hydrogen-bond donors (Lipinski definition) is 1. The van der Waals surface area contributed by atoms with E-state index in [9.17, 15) is 5.11 Å². The molecule has 1 N–H and O–H groups in total. The number of imidazole rings is 1. The fourth-order valence-corrected chi connectivity index (χ4v) is 8.01. The summed E-state index contributed by atoms with van der Waals surface area (Å²) >= 11 is 0. The van der Waals surface area contributed by atoms with Gasteiger partial charge < -0.3 is 5.11 Å². The summed E-state index contributed by atoms with van der Waals surface area (Å²) in [6, 6.07) is 60.0. The standard InChI is InChI=1S/C50H34N3O.Pt/c1-32-23-25-33(26-24-32)35-27-28-51-44(31-35)43-30-36(29-42-39-17-8-9-18-40(39)47(48(42)43)34-13-4-2-5-14-34)38-20-12-21-45-49(38)52-50(41-19-10-11-22-46(41)54)53(45)37-15-6-3-7-16-37;/h2-29,31,47,54H,1H3;/q-1;/i1D3;. The van der Waals surface area contributed by atoms with Crippen LogP contribution in [0.3, 0.4) is 0 Å². The molecule has 0 spiro atoms. The van der Waals surface area contributed by atoms with Gasteiger partial charge in [-0.3, -0.25) is 9.55 Å². The van der Waals surface area contributed by atoms with E-state index in [0.29, 0.717) is 17.0 Å². The van der Waals surface area contributed by atoms with Crippen LogP contribution >= 0.6 is 0 Å². The minimum absolute atomic E-state index is 0. The summed E-state index contributed by atoms with van der Waals surface area (Å²) in [6.45, 7) is -2.18. The number of phenolic OH excluding ortho intramolecular Hbond substituents is 1. The van der Waals surface area contributed by atoms with Crippen LogP contribution in [-0.2, 0) is 21.1 Å². The summed E-state index contributed by atoms with van der Waals surface area (Å²) in [5, 5.41) is 11.1. The Morgan fingerprint density at radius 3 is 2.15 bits per heavy atom. The third kappa shape index (κ3) is 5.91. The Labute approximate surface area is 338 Å². The number of aryl methyl sites for hydroxylation is 1. The topological polar surface area (TPSA) is 50.9 Å². The van der Waals surface area contributed by atoms with Crippen molar-refractivity contribution in [2.45, 2.75) is 12.8 Å². The molecule has 0 saturated heterocycles. The third-order valence-corrected chi connectivity index (χ3v) is 10.5. The molecule has 2 heterocycles. The van der Waals surface area contributed by atoms with Gasteiger partial charge in [-0.15, -0.1) is 17.7 Å². The molecule has 1 aliphatic rings. The van der Waals surface area contributed by atoms with Crippen LogP contribution in [0.15, 0.2) is 176 Å². The second-order valence-electron chi connectivity index (χ2n) is 13.6. The molecule has 0 aliphatic heterocycles. The van der Waals surface area contributed by atoms with Gasteiger partial charge in [0, 0.05) is 48.7 Å². The number of pyridine rings is 1. The predicted molar refractivity (Wildman–Crippen MR) is 219 cm³/mol. The van der Waals surface area contributed by atoms with Crippen LogP contribution in [0.25, 0.3) is 72.7 Å². The molecule has 0 fully saturated rings. The maximum atomic E-state index is 11.1. The average molecular weight is 891 g/mol. The van der Waals surface area contributed by atoms with E-state index in [4.69, 9.17) is 14.1 Å². The van der Waals surface area contributed by atoms with Crippen molar-refractivity contribution < 1.29 is 30.3 Å². The Kier molecular flexibility index (Phi) is 7.98. The molecule has 9 aromatic rings. The zero-order chi connectivity index (χ0) is 38.7. The van der Waals surface area contributed by atoms with Crippen LogP contribution in [0.4, 0.5) is 0 Å². The SMILES string of the molecule is [2H]C([2H])([2H])c1ccc(-c2ccnc(-c3[c-]c(-c4cccc5c4nc(-c4ccccc4O)n5-c4ccccc4)cc4c3C(c3ccccc3)c3ccccc3-4)c2)cc1.[Pt]. The molecule has 1 atom stereocenters. The van der Waals surface area contributed by atoms with Gasteiger partial charge in [-0.05, 0) is 71.1 Å². The molecular formula is C50H34N3OPt-. The van der Waals surface area contributed by atoms with Crippen molar-refractivity contribution in [2.75, 3.05) is 0 Å². The maximum Gasteiger partial charge on any atom is 0.148 e. The second-order valence-corrected chi connectivity index (χ2v) is 13.6. The van der Waals surface area contributed by atoms with Crippen LogP contribution in [0.2, 0.25) is 0 Å². The summed E-state index contributed by atoms with van der Waals surface area (Å²) in [7, 11) is 0. The third-order valence-electron chi connectivity index (χ3n) is 10.5. The molecule has 4 nitrogen and oxygen atoms in total. The van der Waals surface area contributed by atoms with E-state index in [1.165, 1.54) is 11.1 Å². The van der Waals surface area contributed by atoms with Crippen molar-refractivity contribution in [2.24, 2.45) is 0 Å². The summed E-state index contributed by atoms with van der Waals surface area (Å²) in [5.41, 5.74) is 14.6. The van der Waals surface area contributed by atoms with Crippen molar-refractivity contribution >= 4 is 11.0 Å². The van der Waals surface area contributed by atoms with E-state index >= 15 is 0 Å². The molecule has 1 unspecified atom stereocenters. The number of aromatic nitrogens is 3. The van der Waals surface area contributed by atoms with Gasteiger partial charge in [-0.2, -0.15) is 0 Å². The van der Waals surface area contributed by atoms with Gasteiger partial charge in [-0.25, -0.2) is 4.98 Å². The van der Waals surface area contributed by atoms with E-state index in [1.807, 2.05) is 79.0 Å². The molecule has 0 saturated carbocycles. The molecule has 2 aromatic heterocycles. The van der Waals surface area contributed by atoms with Gasteiger partial charge in [0.15, 0.2) is 0 Å². The Hall–Kier alpha value is -6.35. The first-order valence-electron chi connectivity index (χ1n) is 19.5. The van der Waals surface area contributed by atoms with Gasteiger partial charge in [0.05, 0.1) is 16.6 Å². The number of nitrogens with zero attached hydrogens (tertiary/aromatic N) is 3. The maximum absolute atomic E-state index is 11.1. The van der Waals surface area contributed by atoms with Gasteiger partial charge in [0.2, 0.25) is 0 Å². The smallest absolute Gasteiger partial charge is 0.148 e. The van der Waals surface area contributed by atoms with Crippen LogP contribution in [0.5, 0.6) is 5.75 Å². The summed E-state index contributed by atoms with van der Waals surface area (Å²) in [4.78, 5) is 10.3. The molecular weight excluding hydrogens is 854 g/mol. The van der Waals surface area contributed by atoms with E-state index in [2.05, 4.69) is 89.5 Å². The van der Waals surface area contributed by atoms with Gasteiger partial charge in [-0.1, -0.05) is 155 Å².